The van der Waals surface area contributed by atoms with Gasteiger partial charge in [0.1, 0.15) is 11.2 Å². The summed E-state index contributed by atoms with van der Waals surface area (Å²) >= 11 is 1.62. The minimum Gasteiger partial charge on any atom is -0.368 e. The minimum absolute atomic E-state index is 0.0993. The van der Waals surface area contributed by atoms with E-state index in [0.717, 1.165) is 5.75 Å². The molecule has 0 aromatic carbocycles. The number of aromatic amines is 1. The third-order valence-electron chi connectivity index (χ3n) is 3.16. The molecule has 108 valence electrons. The van der Waals surface area contributed by atoms with E-state index in [4.69, 9.17) is 5.73 Å². The van der Waals surface area contributed by atoms with Crippen LogP contribution in [0.2, 0.25) is 0 Å². The number of nitrogens with two attached hydrogens (primary N) is 1. The van der Waals surface area contributed by atoms with Crippen LogP contribution in [-0.2, 0) is 9.84 Å². The van der Waals surface area contributed by atoms with E-state index in [1.165, 1.54) is 6.26 Å². The zero-order valence-electron chi connectivity index (χ0n) is 10.8. The van der Waals surface area contributed by atoms with Crippen molar-refractivity contribution in [3.8, 4) is 0 Å². The lowest BCUT2D eigenvalue weighted by Crippen LogP contribution is -2.47. The Morgan fingerprint density at radius 3 is 3.05 bits per heavy atom. The first-order valence-corrected chi connectivity index (χ1v) is 9.07. The van der Waals surface area contributed by atoms with Gasteiger partial charge in [-0.25, -0.2) is 8.42 Å². The average molecular weight is 314 g/mol. The fourth-order valence-corrected chi connectivity index (χ4v) is 5.05. The molecule has 0 spiro atoms. The molecule has 2 aromatic rings. The van der Waals surface area contributed by atoms with Gasteiger partial charge in [0.05, 0.1) is 11.6 Å². The average Bonchev–Trinajstić information content (AvgIpc) is 2.84. The van der Waals surface area contributed by atoms with Gasteiger partial charge in [-0.05, 0) is 0 Å². The number of sulfone groups is 1. The Bertz CT molecular complexity index is 743. The highest BCUT2D eigenvalue weighted by Gasteiger charge is 2.33. The first-order chi connectivity index (χ1) is 9.47. The second kappa shape index (κ2) is 4.77. The Morgan fingerprint density at radius 1 is 1.50 bits per heavy atom. The topological polar surface area (TPSA) is 118 Å². The summed E-state index contributed by atoms with van der Waals surface area (Å²) in [6, 6.07) is 0. The largest absolute Gasteiger partial charge is 0.368 e. The van der Waals surface area contributed by atoms with Crippen molar-refractivity contribution in [2.45, 2.75) is 5.37 Å². The number of hydrogen-bond donors (Lipinski definition) is 2. The highest BCUT2D eigenvalue weighted by atomic mass is 32.2. The lowest BCUT2D eigenvalue weighted by molar-refractivity contribution is 0.584. The molecule has 0 bridgehead atoms. The number of thioether (sulfide) groups is 1. The molecule has 1 atom stereocenters. The van der Waals surface area contributed by atoms with Gasteiger partial charge in [-0.1, -0.05) is 0 Å². The highest BCUT2D eigenvalue weighted by Crippen LogP contribution is 2.30. The molecule has 2 aromatic heterocycles. The molecule has 3 rings (SSSR count). The van der Waals surface area contributed by atoms with Gasteiger partial charge in [-0.2, -0.15) is 26.8 Å². The van der Waals surface area contributed by atoms with Crippen molar-refractivity contribution >= 4 is 44.4 Å². The minimum atomic E-state index is -3.21. The molecule has 1 aliphatic rings. The molecule has 10 heteroatoms. The van der Waals surface area contributed by atoms with Gasteiger partial charge < -0.3 is 10.6 Å². The summed E-state index contributed by atoms with van der Waals surface area (Å²) in [6.45, 7) is 0.596. The van der Waals surface area contributed by atoms with Gasteiger partial charge in [-0.15, -0.1) is 0 Å². The molecule has 1 aliphatic heterocycles. The summed E-state index contributed by atoms with van der Waals surface area (Å²) < 4.78 is 24.0. The molecule has 0 amide bonds. The maximum Gasteiger partial charge on any atom is 0.224 e. The van der Waals surface area contributed by atoms with E-state index in [9.17, 15) is 8.42 Å². The first kappa shape index (κ1) is 13.4. The van der Waals surface area contributed by atoms with Crippen LogP contribution in [0, 0.1) is 0 Å². The number of nitrogens with one attached hydrogen (secondary N) is 1. The van der Waals surface area contributed by atoms with Crippen molar-refractivity contribution in [2.75, 3.05) is 34.9 Å². The molecule has 0 aliphatic carbocycles. The van der Waals surface area contributed by atoms with E-state index in [1.54, 1.807) is 22.9 Å². The van der Waals surface area contributed by atoms with E-state index in [-0.39, 0.29) is 5.95 Å². The van der Waals surface area contributed by atoms with Crippen molar-refractivity contribution in [1.82, 2.24) is 20.2 Å². The molecule has 1 saturated heterocycles. The molecule has 1 unspecified atom stereocenters. The van der Waals surface area contributed by atoms with Crippen molar-refractivity contribution in [1.29, 1.82) is 0 Å². The lowest BCUT2D eigenvalue weighted by atomic mass is 10.3. The summed E-state index contributed by atoms with van der Waals surface area (Å²) in [6.07, 6.45) is 2.83. The Morgan fingerprint density at radius 2 is 2.30 bits per heavy atom. The predicted molar refractivity (Wildman–Crippen MR) is 79.4 cm³/mol. The Labute approximate surface area is 120 Å². The van der Waals surface area contributed by atoms with Gasteiger partial charge in [0, 0.05) is 24.3 Å². The van der Waals surface area contributed by atoms with Crippen LogP contribution in [0.1, 0.15) is 0 Å². The molecule has 3 N–H and O–H groups in total. The molecular formula is C10H14N6O2S2. The Hall–Kier alpha value is -1.55. The molecule has 0 saturated carbocycles. The summed E-state index contributed by atoms with van der Waals surface area (Å²) in [7, 11) is -3.21. The monoisotopic (exact) mass is 314 g/mol. The number of hydrogen-bond acceptors (Lipinski definition) is 8. The molecule has 0 radical (unpaired) electrons. The van der Waals surface area contributed by atoms with Gasteiger partial charge in [0.2, 0.25) is 5.95 Å². The third-order valence-corrected chi connectivity index (χ3v) is 5.80. The van der Waals surface area contributed by atoms with Crippen LogP contribution in [0.4, 0.5) is 11.8 Å². The van der Waals surface area contributed by atoms with Gasteiger partial charge in [-0.3, -0.25) is 5.10 Å². The van der Waals surface area contributed by atoms with E-state index in [1.807, 2.05) is 0 Å². The Kier molecular flexibility index (Phi) is 3.21. The van der Waals surface area contributed by atoms with E-state index in [0.29, 0.717) is 29.1 Å². The number of rotatable bonds is 2. The number of anilines is 2. The normalized spacial score (nSPS) is 20.4. The number of H-pyrrole nitrogens is 1. The number of aromatic nitrogens is 4. The molecule has 8 nitrogen and oxygen atoms in total. The SMILES string of the molecule is CS(=O)(=O)C1CSCCN1c1nc(N)nc2[nH]ncc12. The van der Waals surface area contributed by atoms with E-state index < -0.39 is 15.2 Å². The summed E-state index contributed by atoms with van der Waals surface area (Å²) in [5.41, 5.74) is 6.21. The van der Waals surface area contributed by atoms with Crippen LogP contribution in [0.25, 0.3) is 11.0 Å². The van der Waals surface area contributed by atoms with Gasteiger partial charge in [0.15, 0.2) is 15.5 Å². The first-order valence-electron chi connectivity index (χ1n) is 5.96. The quantitative estimate of drug-likeness (QED) is 0.786. The van der Waals surface area contributed by atoms with E-state index >= 15 is 0 Å². The lowest BCUT2D eigenvalue weighted by Gasteiger charge is -2.35. The summed E-state index contributed by atoms with van der Waals surface area (Å²) in [5.74, 6) is 1.98. The number of nitrogens with zero attached hydrogens (tertiary/aromatic N) is 4. The standard InChI is InChI=1S/C10H14N6O2S2/c1-20(17,18)7-5-19-3-2-16(7)9-6-4-12-15-8(6)13-10(11)14-9/h4,7H,2-3,5H2,1H3,(H3,11,12,13,14,15). The summed E-state index contributed by atoms with van der Waals surface area (Å²) in [4.78, 5) is 10.0. The van der Waals surface area contributed by atoms with Crippen molar-refractivity contribution in [3.05, 3.63) is 6.20 Å². The van der Waals surface area contributed by atoms with Gasteiger partial charge in [0.25, 0.3) is 0 Å². The van der Waals surface area contributed by atoms with Crippen LogP contribution < -0.4 is 10.6 Å². The molecular weight excluding hydrogens is 300 g/mol. The Balaban J connectivity index is 2.15. The zero-order valence-corrected chi connectivity index (χ0v) is 12.4. The second-order valence-electron chi connectivity index (χ2n) is 4.59. The van der Waals surface area contributed by atoms with Crippen LogP contribution >= 0.6 is 11.8 Å². The van der Waals surface area contributed by atoms with E-state index in [2.05, 4.69) is 20.2 Å². The smallest absolute Gasteiger partial charge is 0.224 e. The van der Waals surface area contributed by atoms with Crippen molar-refractivity contribution in [3.63, 3.8) is 0 Å². The molecule has 1 fully saturated rings. The van der Waals surface area contributed by atoms with Crippen LogP contribution in [0.3, 0.4) is 0 Å². The maximum atomic E-state index is 12.0. The third kappa shape index (κ3) is 2.29. The molecule has 3 heterocycles. The molecule has 20 heavy (non-hydrogen) atoms. The predicted octanol–water partition coefficient (Wildman–Crippen LogP) is -0.141. The number of nitrogen functional groups attached to an aromatic ring is 1. The number of fused-ring (bicyclic) bond motifs is 1. The fourth-order valence-electron chi connectivity index (χ4n) is 2.23. The maximum absolute atomic E-state index is 12.0. The summed E-state index contributed by atoms with van der Waals surface area (Å²) in [5, 5.41) is 6.73. The van der Waals surface area contributed by atoms with Crippen molar-refractivity contribution < 1.29 is 8.42 Å². The second-order valence-corrected chi connectivity index (χ2v) is 7.94. The highest BCUT2D eigenvalue weighted by molar-refractivity contribution is 8.01. The van der Waals surface area contributed by atoms with Crippen molar-refractivity contribution in [2.24, 2.45) is 0 Å². The fraction of sp³-hybridized carbons (Fsp3) is 0.500. The zero-order chi connectivity index (χ0) is 14.3. The van der Waals surface area contributed by atoms with Crippen LogP contribution in [0.5, 0.6) is 0 Å². The van der Waals surface area contributed by atoms with Crippen LogP contribution in [0.15, 0.2) is 6.20 Å². The van der Waals surface area contributed by atoms with Gasteiger partial charge >= 0.3 is 0 Å². The van der Waals surface area contributed by atoms with Crippen LogP contribution in [-0.4, -0.2) is 58.3 Å².